The molecule has 2 aromatic rings. The Kier molecular flexibility index (Phi) is 3.69. The van der Waals surface area contributed by atoms with Gasteiger partial charge in [-0.15, -0.1) is 0 Å². The Morgan fingerprint density at radius 2 is 2.12 bits per heavy atom. The van der Waals surface area contributed by atoms with Crippen LogP contribution in [0.2, 0.25) is 5.02 Å². The van der Waals surface area contributed by atoms with Crippen molar-refractivity contribution in [1.82, 2.24) is 20.2 Å². The topological polar surface area (TPSA) is 84.1 Å². The lowest BCUT2D eigenvalue weighted by atomic mass is 10.0. The molecule has 7 heteroatoms. The predicted octanol–water partition coefficient (Wildman–Crippen LogP) is 3.17. The van der Waals surface area contributed by atoms with Gasteiger partial charge in [-0.2, -0.15) is 0 Å². The molecular weight excluding hydrogens is 338 g/mol. The molecule has 0 bridgehead atoms. The number of urea groups is 1. The molecule has 3 N–H and O–H groups in total. The van der Waals surface area contributed by atoms with Gasteiger partial charge in [0.05, 0.1) is 24.5 Å². The first-order valence-corrected chi connectivity index (χ1v) is 8.25. The zero-order valence-corrected chi connectivity index (χ0v) is 14.3. The molecule has 1 aromatic carbocycles. The highest BCUT2D eigenvalue weighted by molar-refractivity contribution is 6.30. The number of aryl methyl sites for hydroxylation is 1. The number of allylic oxidation sites excluding steroid dienone is 3. The molecule has 2 amide bonds. The molecule has 2 heterocycles. The van der Waals surface area contributed by atoms with Crippen LogP contribution in [-0.2, 0) is 13.1 Å². The molecule has 0 saturated carbocycles. The number of carbonyl (C=O) groups is 1. The van der Waals surface area contributed by atoms with Gasteiger partial charge in [-0.3, -0.25) is 0 Å². The maximum Gasteiger partial charge on any atom is 0.322 e. The Hall–Kier alpha value is -2.86. The van der Waals surface area contributed by atoms with Crippen molar-refractivity contribution >= 4 is 23.6 Å². The Morgan fingerprint density at radius 3 is 2.80 bits per heavy atom. The lowest BCUT2D eigenvalue weighted by molar-refractivity contribution is 0.201. The van der Waals surface area contributed by atoms with Crippen molar-refractivity contribution in [2.45, 2.75) is 20.0 Å². The number of nitrogen functional groups attached to an aromatic ring is 1. The molecule has 25 heavy (non-hydrogen) atoms. The van der Waals surface area contributed by atoms with Crippen molar-refractivity contribution in [3.8, 4) is 11.3 Å². The highest BCUT2D eigenvalue weighted by Gasteiger charge is 2.29. The molecule has 126 valence electrons. The number of benzene rings is 1. The Labute approximate surface area is 150 Å². The molecule has 0 saturated heterocycles. The Bertz CT molecular complexity index is 951. The fourth-order valence-corrected chi connectivity index (χ4v) is 3.24. The van der Waals surface area contributed by atoms with E-state index in [1.807, 2.05) is 43.4 Å². The number of nitrogens with zero attached hydrogens (tertiary/aromatic N) is 3. The number of carbonyl (C=O) groups excluding carboxylic acids is 1. The van der Waals surface area contributed by atoms with Crippen molar-refractivity contribution in [2.75, 3.05) is 5.73 Å². The number of anilines is 1. The van der Waals surface area contributed by atoms with Gasteiger partial charge in [0.1, 0.15) is 0 Å². The van der Waals surface area contributed by atoms with E-state index in [0.29, 0.717) is 18.1 Å². The SMILES string of the molecule is Cc1cc(Cl)ccc1-c1nc(N)nc2c1CN(C(=O)NC1=CC=C1)C2. The van der Waals surface area contributed by atoms with Crippen LogP contribution in [0.15, 0.2) is 42.1 Å². The number of rotatable bonds is 2. The molecule has 1 aromatic heterocycles. The van der Waals surface area contributed by atoms with E-state index in [4.69, 9.17) is 17.3 Å². The number of hydrogen-bond acceptors (Lipinski definition) is 4. The molecule has 0 unspecified atom stereocenters. The fourth-order valence-electron chi connectivity index (χ4n) is 3.01. The summed E-state index contributed by atoms with van der Waals surface area (Å²) in [5, 5.41) is 3.52. The second kappa shape index (κ2) is 5.89. The average Bonchev–Trinajstić information content (AvgIpc) is 2.94. The van der Waals surface area contributed by atoms with Gasteiger partial charge in [-0.1, -0.05) is 23.7 Å². The van der Waals surface area contributed by atoms with Gasteiger partial charge in [0.2, 0.25) is 5.95 Å². The summed E-state index contributed by atoms with van der Waals surface area (Å²) in [6.45, 7) is 2.82. The summed E-state index contributed by atoms with van der Waals surface area (Å²) in [5.41, 5.74) is 11.1. The molecule has 2 aliphatic rings. The molecular formula is C18H16ClN5O. The first kappa shape index (κ1) is 15.7. The third-order valence-electron chi connectivity index (χ3n) is 4.33. The Balaban J connectivity index is 1.68. The quantitative estimate of drug-likeness (QED) is 0.868. The van der Waals surface area contributed by atoms with Gasteiger partial charge in [0.15, 0.2) is 0 Å². The summed E-state index contributed by atoms with van der Waals surface area (Å²) < 4.78 is 0. The van der Waals surface area contributed by atoms with Gasteiger partial charge in [-0.05, 0) is 36.8 Å². The van der Waals surface area contributed by atoms with Crippen LogP contribution in [-0.4, -0.2) is 20.9 Å². The average molecular weight is 354 g/mol. The lowest BCUT2D eigenvalue weighted by Crippen LogP contribution is -2.36. The minimum absolute atomic E-state index is 0.161. The van der Waals surface area contributed by atoms with E-state index in [9.17, 15) is 4.79 Å². The maximum atomic E-state index is 12.4. The van der Waals surface area contributed by atoms with Gasteiger partial charge < -0.3 is 16.0 Å². The van der Waals surface area contributed by atoms with E-state index in [-0.39, 0.29) is 12.0 Å². The number of fused-ring (bicyclic) bond motifs is 1. The molecule has 1 aliphatic carbocycles. The molecule has 1 aliphatic heterocycles. The van der Waals surface area contributed by atoms with Crippen LogP contribution in [0.5, 0.6) is 0 Å². The van der Waals surface area contributed by atoms with Crippen molar-refractivity contribution < 1.29 is 4.79 Å². The molecule has 0 atom stereocenters. The van der Waals surface area contributed by atoms with Crippen molar-refractivity contribution in [2.24, 2.45) is 0 Å². The second-order valence-electron chi connectivity index (χ2n) is 6.08. The highest BCUT2D eigenvalue weighted by atomic mass is 35.5. The van der Waals surface area contributed by atoms with Crippen LogP contribution in [0, 0.1) is 6.92 Å². The van der Waals surface area contributed by atoms with Crippen molar-refractivity contribution in [3.63, 3.8) is 0 Å². The highest BCUT2D eigenvalue weighted by Crippen LogP contribution is 2.33. The number of nitrogens with two attached hydrogens (primary N) is 1. The smallest absolute Gasteiger partial charge is 0.322 e. The first-order chi connectivity index (χ1) is 12.0. The molecule has 0 radical (unpaired) electrons. The first-order valence-electron chi connectivity index (χ1n) is 7.87. The minimum atomic E-state index is -0.161. The minimum Gasteiger partial charge on any atom is -0.368 e. The van der Waals surface area contributed by atoms with Crippen molar-refractivity contribution in [3.05, 3.63) is 64.0 Å². The third-order valence-corrected chi connectivity index (χ3v) is 4.57. The van der Waals surface area contributed by atoms with Crippen LogP contribution >= 0.6 is 11.6 Å². The number of nitrogens with one attached hydrogen (secondary N) is 1. The molecule has 4 rings (SSSR count). The van der Waals surface area contributed by atoms with E-state index in [1.54, 1.807) is 4.90 Å². The van der Waals surface area contributed by atoms with Gasteiger partial charge in [0, 0.05) is 21.8 Å². The van der Waals surface area contributed by atoms with Crippen molar-refractivity contribution in [1.29, 1.82) is 0 Å². The standard InChI is InChI=1S/C18H16ClN5O/c1-10-7-11(19)5-6-13(10)16-14-8-24(9-15(14)22-17(20)23-16)18(25)21-12-3-2-4-12/h2-7H,8-9H2,1H3,(H,21,25)(H2,20,22,23). The summed E-state index contributed by atoms with van der Waals surface area (Å²) >= 11 is 6.06. The zero-order chi connectivity index (χ0) is 17.6. The van der Waals surface area contributed by atoms with Gasteiger partial charge >= 0.3 is 6.03 Å². The number of aromatic nitrogens is 2. The largest absolute Gasteiger partial charge is 0.368 e. The number of amides is 2. The monoisotopic (exact) mass is 353 g/mol. The summed E-state index contributed by atoms with van der Waals surface area (Å²) in [6.07, 6.45) is 5.57. The Morgan fingerprint density at radius 1 is 1.32 bits per heavy atom. The number of hydrogen-bond donors (Lipinski definition) is 2. The van der Waals surface area contributed by atoms with Gasteiger partial charge in [0.25, 0.3) is 0 Å². The summed E-state index contributed by atoms with van der Waals surface area (Å²) in [6, 6.07) is 5.47. The van der Waals surface area contributed by atoms with Gasteiger partial charge in [-0.25, -0.2) is 14.8 Å². The van der Waals surface area contributed by atoms with Crippen LogP contribution in [0.3, 0.4) is 0 Å². The fraction of sp³-hybridized carbons (Fsp3) is 0.167. The number of halogens is 1. The predicted molar refractivity (Wildman–Crippen MR) is 96.6 cm³/mol. The normalized spacial score (nSPS) is 14.8. The van der Waals surface area contributed by atoms with Crippen LogP contribution in [0.1, 0.15) is 16.8 Å². The zero-order valence-electron chi connectivity index (χ0n) is 13.6. The van der Waals surface area contributed by atoms with Crippen LogP contribution < -0.4 is 11.1 Å². The third kappa shape index (κ3) is 2.85. The summed E-state index contributed by atoms with van der Waals surface area (Å²) in [4.78, 5) is 22.9. The molecule has 0 spiro atoms. The van der Waals surface area contributed by atoms with Crippen LogP contribution in [0.25, 0.3) is 11.3 Å². The molecule has 6 nitrogen and oxygen atoms in total. The molecule has 0 fully saturated rings. The van der Waals surface area contributed by atoms with E-state index >= 15 is 0 Å². The maximum absolute atomic E-state index is 12.4. The summed E-state index contributed by atoms with van der Waals surface area (Å²) in [7, 11) is 0. The lowest BCUT2D eigenvalue weighted by Gasteiger charge is -2.18. The second-order valence-corrected chi connectivity index (χ2v) is 6.52. The van der Waals surface area contributed by atoms with Crippen LogP contribution in [0.4, 0.5) is 10.7 Å². The van der Waals surface area contributed by atoms with E-state index in [1.165, 1.54) is 0 Å². The van der Waals surface area contributed by atoms with E-state index < -0.39 is 0 Å². The van der Waals surface area contributed by atoms with E-state index in [2.05, 4.69) is 15.3 Å². The summed E-state index contributed by atoms with van der Waals surface area (Å²) in [5.74, 6) is 0.204. The van der Waals surface area contributed by atoms with E-state index in [0.717, 1.165) is 33.8 Å².